The molecule has 0 unspecified atom stereocenters. The van der Waals surface area contributed by atoms with Crippen molar-refractivity contribution in [2.24, 2.45) is 0 Å². The number of hydrogen-bond donors (Lipinski definition) is 3. The molecule has 0 bridgehead atoms. The number of carbonyl (C=O) groups excluding carboxylic acids is 2. The van der Waals surface area contributed by atoms with E-state index in [9.17, 15) is 19.7 Å². The molecule has 0 spiro atoms. The topological polar surface area (TPSA) is 117 Å². The minimum Gasteiger partial charge on any atom is -0.378 e. The summed E-state index contributed by atoms with van der Waals surface area (Å²) in [4.78, 5) is 38.0. The molecule has 0 saturated carbocycles. The van der Waals surface area contributed by atoms with Crippen LogP contribution in [0.3, 0.4) is 0 Å². The third kappa shape index (κ3) is 3.44. The molecule has 2 aromatic rings. The molecule has 0 atom stereocenters. The van der Waals surface area contributed by atoms with Crippen LogP contribution in [0.1, 0.15) is 44.9 Å². The summed E-state index contributed by atoms with van der Waals surface area (Å²) in [5.74, 6) is -0.203. The number of nitro groups is 1. The van der Waals surface area contributed by atoms with Gasteiger partial charge in [-0.3, -0.25) is 19.7 Å². The number of nitrogens with zero attached hydrogens (tertiary/aromatic N) is 1. The summed E-state index contributed by atoms with van der Waals surface area (Å²) in [5.41, 5.74) is 2.99. The molecule has 8 heteroatoms. The van der Waals surface area contributed by atoms with Gasteiger partial charge in [-0.2, -0.15) is 0 Å². The number of hydrogen-bond acceptors (Lipinski definition) is 5. The number of ketones is 1. The van der Waals surface area contributed by atoms with Crippen LogP contribution in [0.2, 0.25) is 0 Å². The summed E-state index contributed by atoms with van der Waals surface area (Å²) in [5, 5.41) is 16.7. The second-order valence-corrected chi connectivity index (χ2v) is 6.21. The van der Waals surface area contributed by atoms with Gasteiger partial charge in [-0.25, -0.2) is 0 Å². The van der Waals surface area contributed by atoms with Crippen LogP contribution in [0.25, 0.3) is 0 Å². The van der Waals surface area contributed by atoms with E-state index in [0.29, 0.717) is 42.0 Å². The maximum atomic E-state index is 12.4. The van der Waals surface area contributed by atoms with Crippen LogP contribution in [0, 0.1) is 17.0 Å². The zero-order valence-electron chi connectivity index (χ0n) is 14.4. The van der Waals surface area contributed by atoms with E-state index in [1.165, 1.54) is 6.07 Å². The van der Waals surface area contributed by atoms with Crippen molar-refractivity contribution >= 4 is 23.1 Å². The van der Waals surface area contributed by atoms with Gasteiger partial charge >= 0.3 is 0 Å². The Balaban J connectivity index is 1.59. The maximum Gasteiger partial charge on any atom is 0.292 e. The summed E-state index contributed by atoms with van der Waals surface area (Å²) < 4.78 is 0. The lowest BCUT2D eigenvalue weighted by Crippen LogP contribution is -2.29. The van der Waals surface area contributed by atoms with Gasteiger partial charge in [0.2, 0.25) is 0 Å². The van der Waals surface area contributed by atoms with Crippen LogP contribution in [-0.4, -0.2) is 34.7 Å². The standard InChI is InChI=1S/C18H20N4O4/c1-11-16-13(6-4-8-15(16)23)21-17(11)18(24)20-10-9-19-12-5-2-3-7-14(12)22(25)26/h2-3,5,7,19,21H,4,6,8-10H2,1H3,(H,20,24). The van der Waals surface area contributed by atoms with Crippen molar-refractivity contribution in [3.8, 4) is 0 Å². The number of nitrogens with one attached hydrogen (secondary N) is 3. The van der Waals surface area contributed by atoms with E-state index in [1.807, 2.05) is 0 Å². The number of aryl methyl sites for hydroxylation is 1. The predicted molar refractivity (Wildman–Crippen MR) is 96.7 cm³/mol. The monoisotopic (exact) mass is 356 g/mol. The summed E-state index contributed by atoms with van der Waals surface area (Å²) in [6.45, 7) is 2.41. The Labute approximate surface area is 150 Å². The first-order chi connectivity index (χ1) is 12.5. The van der Waals surface area contributed by atoms with Crippen molar-refractivity contribution in [3.05, 3.63) is 56.9 Å². The predicted octanol–water partition coefficient (Wildman–Crippen LogP) is 2.59. The average Bonchev–Trinajstić information content (AvgIpc) is 2.97. The SMILES string of the molecule is Cc1c(C(=O)NCCNc2ccccc2[N+](=O)[O-])[nH]c2c1C(=O)CCC2. The highest BCUT2D eigenvalue weighted by molar-refractivity contribution is 6.04. The van der Waals surface area contributed by atoms with Gasteiger partial charge < -0.3 is 15.6 Å². The molecule has 0 aliphatic heterocycles. The Morgan fingerprint density at radius 1 is 1.27 bits per heavy atom. The molecule has 0 fully saturated rings. The minimum atomic E-state index is -0.454. The molecule has 0 radical (unpaired) electrons. The summed E-state index contributed by atoms with van der Waals surface area (Å²) in [6, 6.07) is 6.35. The molecule has 8 nitrogen and oxygen atoms in total. The number of nitro benzene ring substituents is 1. The quantitative estimate of drug-likeness (QED) is 0.418. The van der Waals surface area contributed by atoms with E-state index in [4.69, 9.17) is 0 Å². The lowest BCUT2D eigenvalue weighted by Gasteiger charge is -2.09. The zero-order valence-corrected chi connectivity index (χ0v) is 14.4. The maximum absolute atomic E-state index is 12.4. The highest BCUT2D eigenvalue weighted by atomic mass is 16.6. The lowest BCUT2D eigenvalue weighted by molar-refractivity contribution is -0.384. The Bertz CT molecular complexity index is 872. The molecule has 3 N–H and O–H groups in total. The van der Waals surface area contributed by atoms with Gasteiger partial charge in [0.15, 0.2) is 5.78 Å². The van der Waals surface area contributed by atoms with Crippen molar-refractivity contribution in [2.45, 2.75) is 26.2 Å². The van der Waals surface area contributed by atoms with Crippen LogP contribution >= 0.6 is 0 Å². The van der Waals surface area contributed by atoms with Crippen molar-refractivity contribution in [1.82, 2.24) is 10.3 Å². The Morgan fingerprint density at radius 2 is 2.04 bits per heavy atom. The fraction of sp³-hybridized carbons (Fsp3) is 0.333. The number of fused-ring (bicyclic) bond motifs is 1. The smallest absolute Gasteiger partial charge is 0.292 e. The number of Topliss-reactive ketones (excluding diaryl/α,β-unsaturated/α-hetero) is 1. The first-order valence-corrected chi connectivity index (χ1v) is 8.49. The minimum absolute atomic E-state index is 0.00905. The molecule has 0 saturated heterocycles. The molecule has 1 aliphatic rings. The number of aromatic amines is 1. The number of H-pyrrole nitrogens is 1. The zero-order chi connectivity index (χ0) is 18.7. The summed E-state index contributed by atoms with van der Waals surface area (Å²) in [6.07, 6.45) is 2.09. The molecule has 1 amide bonds. The highest BCUT2D eigenvalue weighted by Crippen LogP contribution is 2.26. The number of benzene rings is 1. The number of para-hydroxylation sites is 2. The second-order valence-electron chi connectivity index (χ2n) is 6.21. The largest absolute Gasteiger partial charge is 0.378 e. The van der Waals surface area contributed by atoms with E-state index in [-0.39, 0.29) is 17.4 Å². The van der Waals surface area contributed by atoms with Crippen LogP contribution in [0.5, 0.6) is 0 Å². The van der Waals surface area contributed by atoms with Crippen molar-refractivity contribution in [2.75, 3.05) is 18.4 Å². The third-order valence-corrected chi connectivity index (χ3v) is 4.49. The Hall–Kier alpha value is -3.16. The van der Waals surface area contributed by atoms with E-state index >= 15 is 0 Å². The van der Waals surface area contributed by atoms with Crippen LogP contribution in [0.4, 0.5) is 11.4 Å². The van der Waals surface area contributed by atoms with Crippen molar-refractivity contribution in [1.29, 1.82) is 0 Å². The van der Waals surface area contributed by atoms with Gasteiger partial charge in [-0.15, -0.1) is 0 Å². The molecule has 136 valence electrons. The van der Waals surface area contributed by atoms with E-state index in [0.717, 1.165) is 18.5 Å². The number of carbonyl (C=O) groups is 2. The van der Waals surface area contributed by atoms with Crippen LogP contribution < -0.4 is 10.6 Å². The summed E-state index contributed by atoms with van der Waals surface area (Å²) in [7, 11) is 0. The first kappa shape index (κ1) is 17.7. The van der Waals surface area contributed by atoms with Gasteiger partial charge in [0.05, 0.1) is 4.92 Å². The van der Waals surface area contributed by atoms with E-state index in [1.54, 1.807) is 25.1 Å². The molecular weight excluding hydrogens is 336 g/mol. The number of amides is 1. The van der Waals surface area contributed by atoms with Gasteiger partial charge in [0.25, 0.3) is 11.6 Å². The fourth-order valence-corrected chi connectivity index (χ4v) is 3.25. The van der Waals surface area contributed by atoms with Gasteiger partial charge in [0, 0.05) is 36.8 Å². The molecule has 26 heavy (non-hydrogen) atoms. The van der Waals surface area contributed by atoms with Crippen molar-refractivity contribution in [3.63, 3.8) is 0 Å². The van der Waals surface area contributed by atoms with E-state index < -0.39 is 4.92 Å². The van der Waals surface area contributed by atoms with E-state index in [2.05, 4.69) is 15.6 Å². The Kier molecular flexibility index (Phi) is 5.01. The lowest BCUT2D eigenvalue weighted by atomic mass is 9.94. The third-order valence-electron chi connectivity index (χ3n) is 4.49. The fourth-order valence-electron chi connectivity index (χ4n) is 3.25. The molecule has 3 rings (SSSR count). The average molecular weight is 356 g/mol. The summed E-state index contributed by atoms with van der Waals surface area (Å²) >= 11 is 0. The van der Waals surface area contributed by atoms with Crippen LogP contribution in [-0.2, 0) is 6.42 Å². The molecule has 1 heterocycles. The highest BCUT2D eigenvalue weighted by Gasteiger charge is 2.26. The number of aromatic nitrogens is 1. The van der Waals surface area contributed by atoms with Gasteiger partial charge in [-0.1, -0.05) is 12.1 Å². The molecular formula is C18H20N4O4. The number of rotatable bonds is 6. The molecule has 1 aliphatic carbocycles. The van der Waals surface area contributed by atoms with Gasteiger partial charge in [0.1, 0.15) is 11.4 Å². The normalized spacial score (nSPS) is 13.2. The second kappa shape index (κ2) is 7.38. The first-order valence-electron chi connectivity index (χ1n) is 8.49. The van der Waals surface area contributed by atoms with Gasteiger partial charge in [-0.05, 0) is 31.4 Å². The Morgan fingerprint density at radius 3 is 2.77 bits per heavy atom. The van der Waals surface area contributed by atoms with Crippen molar-refractivity contribution < 1.29 is 14.5 Å². The number of anilines is 1. The molecule has 1 aromatic carbocycles. The van der Waals surface area contributed by atoms with Crippen LogP contribution in [0.15, 0.2) is 24.3 Å². The molecule has 1 aromatic heterocycles.